The maximum Gasteiger partial charge on any atom is 0.138 e. The second-order valence-electron chi connectivity index (χ2n) is 4.80. The van der Waals surface area contributed by atoms with Gasteiger partial charge in [0.25, 0.3) is 0 Å². The average molecular weight is 272 g/mol. The van der Waals surface area contributed by atoms with E-state index in [1.807, 2.05) is 44.3 Å². The molecule has 1 aromatic carbocycles. The number of hydrogen-bond donors (Lipinski definition) is 1. The lowest BCUT2D eigenvalue weighted by atomic mass is 10.0. The van der Waals surface area contributed by atoms with Crippen molar-refractivity contribution in [3.8, 4) is 22.6 Å². The quantitative estimate of drug-likeness (QED) is 0.909. The van der Waals surface area contributed by atoms with Crippen molar-refractivity contribution in [2.45, 2.75) is 26.5 Å². The maximum absolute atomic E-state index is 5.82. The van der Waals surface area contributed by atoms with Crippen LogP contribution in [-0.4, -0.2) is 18.2 Å². The van der Waals surface area contributed by atoms with Crippen LogP contribution in [0.5, 0.6) is 11.5 Å². The molecule has 0 aliphatic heterocycles. The van der Waals surface area contributed by atoms with E-state index in [1.54, 1.807) is 13.3 Å². The van der Waals surface area contributed by atoms with Crippen LogP contribution in [0.2, 0.25) is 0 Å². The largest absolute Gasteiger partial charge is 0.497 e. The van der Waals surface area contributed by atoms with Crippen molar-refractivity contribution < 1.29 is 9.47 Å². The predicted molar refractivity (Wildman–Crippen MR) is 79.9 cm³/mol. The number of hydrogen-bond acceptors (Lipinski definition) is 4. The number of pyridine rings is 1. The first-order valence-corrected chi connectivity index (χ1v) is 6.63. The zero-order valence-electron chi connectivity index (χ0n) is 12.1. The van der Waals surface area contributed by atoms with Gasteiger partial charge in [0.05, 0.1) is 19.4 Å². The second kappa shape index (κ2) is 6.39. The van der Waals surface area contributed by atoms with Gasteiger partial charge in [-0.15, -0.1) is 0 Å². The number of nitrogens with two attached hydrogens (primary N) is 1. The second-order valence-corrected chi connectivity index (χ2v) is 4.80. The Labute approximate surface area is 119 Å². The summed E-state index contributed by atoms with van der Waals surface area (Å²) < 4.78 is 10.9. The first kappa shape index (κ1) is 14.3. The first-order chi connectivity index (χ1) is 9.63. The summed E-state index contributed by atoms with van der Waals surface area (Å²) in [4.78, 5) is 4.23. The van der Waals surface area contributed by atoms with E-state index in [2.05, 4.69) is 4.98 Å². The normalized spacial score (nSPS) is 10.7. The number of aromatic nitrogens is 1. The smallest absolute Gasteiger partial charge is 0.138 e. The minimum Gasteiger partial charge on any atom is -0.497 e. The summed E-state index contributed by atoms with van der Waals surface area (Å²) >= 11 is 0. The van der Waals surface area contributed by atoms with Gasteiger partial charge in [-0.2, -0.15) is 0 Å². The Morgan fingerprint density at radius 1 is 1.15 bits per heavy atom. The standard InChI is InChI=1S/C16H20N2O2/c1-11(2)20-15-7-13(9-18-10-15)16-5-4-14(19-3)6-12(16)8-17/h4-7,9-11H,8,17H2,1-3H3. The Hall–Kier alpha value is -2.07. The van der Waals surface area contributed by atoms with Crippen molar-refractivity contribution in [2.24, 2.45) is 5.73 Å². The monoisotopic (exact) mass is 272 g/mol. The van der Waals surface area contributed by atoms with Crippen LogP contribution in [0.4, 0.5) is 0 Å². The van der Waals surface area contributed by atoms with E-state index in [0.29, 0.717) is 6.54 Å². The van der Waals surface area contributed by atoms with Crippen molar-refractivity contribution in [2.75, 3.05) is 7.11 Å². The lowest BCUT2D eigenvalue weighted by molar-refractivity contribution is 0.241. The first-order valence-electron chi connectivity index (χ1n) is 6.63. The number of rotatable bonds is 5. The molecular formula is C16H20N2O2. The number of methoxy groups -OCH3 is 1. The highest BCUT2D eigenvalue weighted by Gasteiger charge is 2.08. The molecule has 1 aromatic heterocycles. The van der Waals surface area contributed by atoms with Gasteiger partial charge >= 0.3 is 0 Å². The Balaban J connectivity index is 2.40. The zero-order chi connectivity index (χ0) is 14.5. The van der Waals surface area contributed by atoms with Gasteiger partial charge in [-0.25, -0.2) is 0 Å². The maximum atomic E-state index is 5.82. The molecule has 0 atom stereocenters. The van der Waals surface area contributed by atoms with Crippen LogP contribution in [0.3, 0.4) is 0 Å². The highest BCUT2D eigenvalue weighted by molar-refractivity contribution is 5.68. The third kappa shape index (κ3) is 3.27. The van der Waals surface area contributed by atoms with Gasteiger partial charge in [0, 0.05) is 18.3 Å². The van der Waals surface area contributed by atoms with Gasteiger partial charge < -0.3 is 15.2 Å². The van der Waals surface area contributed by atoms with Crippen molar-refractivity contribution in [3.05, 3.63) is 42.2 Å². The summed E-state index contributed by atoms with van der Waals surface area (Å²) in [5.41, 5.74) is 8.89. The molecule has 4 nitrogen and oxygen atoms in total. The molecule has 0 spiro atoms. The predicted octanol–water partition coefficient (Wildman–Crippen LogP) is 3.00. The van der Waals surface area contributed by atoms with Gasteiger partial charge in [0.1, 0.15) is 11.5 Å². The molecule has 4 heteroatoms. The minimum absolute atomic E-state index is 0.122. The summed E-state index contributed by atoms with van der Waals surface area (Å²) in [6, 6.07) is 7.85. The van der Waals surface area contributed by atoms with E-state index in [9.17, 15) is 0 Å². The lowest BCUT2D eigenvalue weighted by Crippen LogP contribution is -2.06. The Bertz CT molecular complexity index is 582. The third-order valence-electron chi connectivity index (χ3n) is 2.93. The molecule has 0 bridgehead atoms. The molecule has 0 fully saturated rings. The molecule has 0 amide bonds. The molecule has 0 saturated carbocycles. The van der Waals surface area contributed by atoms with Crippen molar-refractivity contribution in [3.63, 3.8) is 0 Å². The summed E-state index contributed by atoms with van der Waals surface area (Å²) in [6.45, 7) is 4.43. The van der Waals surface area contributed by atoms with Crippen LogP contribution in [0.1, 0.15) is 19.4 Å². The molecule has 2 aromatic rings. The molecule has 0 radical (unpaired) electrons. The molecule has 0 unspecified atom stereocenters. The van der Waals surface area contributed by atoms with Crippen LogP contribution in [0.15, 0.2) is 36.7 Å². The molecule has 20 heavy (non-hydrogen) atoms. The van der Waals surface area contributed by atoms with E-state index in [0.717, 1.165) is 28.2 Å². The van der Waals surface area contributed by atoms with Gasteiger partial charge in [-0.3, -0.25) is 4.98 Å². The fourth-order valence-electron chi connectivity index (χ4n) is 2.05. The van der Waals surface area contributed by atoms with E-state index < -0.39 is 0 Å². The summed E-state index contributed by atoms with van der Waals surface area (Å²) in [7, 11) is 1.65. The topological polar surface area (TPSA) is 57.4 Å². The highest BCUT2D eigenvalue weighted by atomic mass is 16.5. The van der Waals surface area contributed by atoms with Crippen molar-refractivity contribution in [1.82, 2.24) is 4.98 Å². The molecule has 2 rings (SSSR count). The number of benzene rings is 1. The molecule has 106 valence electrons. The van der Waals surface area contributed by atoms with Gasteiger partial charge in [-0.05, 0) is 43.2 Å². The third-order valence-corrected chi connectivity index (χ3v) is 2.93. The fourth-order valence-corrected chi connectivity index (χ4v) is 2.05. The van der Waals surface area contributed by atoms with E-state index in [4.69, 9.17) is 15.2 Å². The van der Waals surface area contributed by atoms with Crippen LogP contribution in [0.25, 0.3) is 11.1 Å². The van der Waals surface area contributed by atoms with Crippen LogP contribution >= 0.6 is 0 Å². The summed E-state index contributed by atoms with van der Waals surface area (Å²) in [5, 5.41) is 0. The molecule has 0 aliphatic carbocycles. The minimum atomic E-state index is 0.122. The van der Waals surface area contributed by atoms with E-state index >= 15 is 0 Å². The Morgan fingerprint density at radius 3 is 2.60 bits per heavy atom. The molecule has 2 N–H and O–H groups in total. The van der Waals surface area contributed by atoms with Crippen LogP contribution in [-0.2, 0) is 6.54 Å². The number of ether oxygens (including phenoxy) is 2. The molecule has 0 saturated heterocycles. The van der Waals surface area contributed by atoms with Crippen LogP contribution < -0.4 is 15.2 Å². The molecular weight excluding hydrogens is 252 g/mol. The van der Waals surface area contributed by atoms with E-state index in [-0.39, 0.29) is 6.10 Å². The van der Waals surface area contributed by atoms with Gasteiger partial charge in [0.15, 0.2) is 0 Å². The average Bonchev–Trinajstić information content (AvgIpc) is 2.46. The highest BCUT2D eigenvalue weighted by Crippen LogP contribution is 2.29. The van der Waals surface area contributed by atoms with Gasteiger partial charge in [-0.1, -0.05) is 6.07 Å². The van der Waals surface area contributed by atoms with E-state index in [1.165, 1.54) is 0 Å². The van der Waals surface area contributed by atoms with Crippen molar-refractivity contribution >= 4 is 0 Å². The molecule has 0 aliphatic rings. The SMILES string of the molecule is COc1ccc(-c2cncc(OC(C)C)c2)c(CN)c1. The summed E-state index contributed by atoms with van der Waals surface area (Å²) in [6.07, 6.45) is 3.65. The number of nitrogens with zero attached hydrogens (tertiary/aromatic N) is 1. The lowest BCUT2D eigenvalue weighted by Gasteiger charge is -2.13. The molecule has 1 heterocycles. The fraction of sp³-hybridized carbons (Fsp3) is 0.312. The Morgan fingerprint density at radius 2 is 1.95 bits per heavy atom. The Kier molecular flexibility index (Phi) is 4.58. The zero-order valence-corrected chi connectivity index (χ0v) is 12.1. The van der Waals surface area contributed by atoms with Gasteiger partial charge in [0.2, 0.25) is 0 Å². The van der Waals surface area contributed by atoms with Crippen LogP contribution in [0, 0.1) is 0 Å². The van der Waals surface area contributed by atoms with Crippen molar-refractivity contribution in [1.29, 1.82) is 0 Å². The summed E-state index contributed by atoms with van der Waals surface area (Å²) in [5.74, 6) is 1.56.